The fourth-order valence-corrected chi connectivity index (χ4v) is 17.4. The zero-order valence-electron chi connectivity index (χ0n) is 52.6. The number of carbonyl (C=O) groups is 3. The van der Waals surface area contributed by atoms with Crippen LogP contribution in [0, 0.1) is 56.2 Å². The third-order valence-electron chi connectivity index (χ3n) is 23.3. The number of rotatable bonds is 16. The Morgan fingerprint density at radius 2 is 1.29 bits per heavy atom. The number of carboxylic acids is 1. The van der Waals surface area contributed by atoms with Gasteiger partial charge in [0.25, 0.3) is 0 Å². The van der Waals surface area contributed by atoms with Crippen molar-refractivity contribution in [3.63, 3.8) is 0 Å². The summed E-state index contributed by atoms with van der Waals surface area (Å²) in [4.78, 5) is 40.8. The molecule has 0 amide bonds. The fourth-order valence-electron chi connectivity index (χ4n) is 17.4. The van der Waals surface area contributed by atoms with Crippen molar-refractivity contribution in [1.29, 1.82) is 0 Å². The Kier molecular flexibility index (Phi) is 20.5. The summed E-state index contributed by atoms with van der Waals surface area (Å²) < 4.78 is 61.3. The molecule has 0 unspecified atom stereocenters. The number of hydrogen-bond donors (Lipinski definition) is 14. The lowest BCUT2D eigenvalue weighted by atomic mass is 9.32. The second-order valence-electron chi connectivity index (χ2n) is 28.8. The zero-order valence-corrected chi connectivity index (χ0v) is 52.6. The van der Waals surface area contributed by atoms with Gasteiger partial charge >= 0.3 is 17.9 Å². The quantitative estimate of drug-likeness (QED) is 0.0374. The molecule has 4 saturated carbocycles. The highest BCUT2D eigenvalue weighted by molar-refractivity contribution is 5.88. The minimum Gasteiger partial charge on any atom is -0.479 e. The predicted molar refractivity (Wildman–Crippen MR) is 303 cm³/mol. The normalized spacial score (nSPS) is 50.0. The largest absolute Gasteiger partial charge is 0.479 e. The van der Waals surface area contributed by atoms with E-state index in [1.165, 1.54) is 0 Å². The smallest absolute Gasteiger partial charge is 0.335 e. The van der Waals surface area contributed by atoms with Crippen LogP contribution in [0.1, 0.15) is 121 Å². The first-order valence-electron chi connectivity index (χ1n) is 31.4. The highest BCUT2D eigenvalue weighted by Gasteiger charge is 2.76. The number of carboxylic acid groups (broad SMARTS) is 1. The summed E-state index contributed by atoms with van der Waals surface area (Å²) >= 11 is 0. The fraction of sp³-hybridized carbons (Fsp3) is 0.887. The molecule has 0 aromatic heterocycles. The molecule has 4 aliphatic heterocycles. The third-order valence-corrected chi connectivity index (χ3v) is 23.3. The van der Waals surface area contributed by atoms with Gasteiger partial charge in [-0.2, -0.15) is 0 Å². The van der Waals surface area contributed by atoms with E-state index >= 15 is 0 Å². The summed E-state index contributed by atoms with van der Waals surface area (Å²) in [5.41, 5.74) is -4.85. The molecule has 0 aromatic rings. The lowest BCUT2D eigenvalue weighted by Crippen LogP contribution is -2.76. The van der Waals surface area contributed by atoms with E-state index in [0.717, 1.165) is 5.57 Å². The summed E-state index contributed by atoms with van der Waals surface area (Å²) in [5.74, 6) is -4.64. The van der Waals surface area contributed by atoms with Crippen molar-refractivity contribution in [2.24, 2.45) is 56.2 Å². The van der Waals surface area contributed by atoms with Crippen molar-refractivity contribution >= 4 is 17.9 Å². The molecule has 31 atom stereocenters. The number of esters is 2. The van der Waals surface area contributed by atoms with Crippen molar-refractivity contribution in [2.45, 2.75) is 262 Å². The maximum absolute atomic E-state index is 14.0. The minimum atomic E-state index is -2.23. The number of aliphatic hydroxyl groups is 13. The van der Waals surface area contributed by atoms with Crippen molar-refractivity contribution in [3.05, 3.63) is 23.3 Å². The van der Waals surface area contributed by atoms with Crippen LogP contribution in [0.5, 0.6) is 0 Å². The van der Waals surface area contributed by atoms with Crippen LogP contribution in [0.3, 0.4) is 0 Å². The summed E-state index contributed by atoms with van der Waals surface area (Å²) in [6.45, 7) is 18.1. The van der Waals surface area contributed by atoms with E-state index in [-0.39, 0.29) is 24.7 Å². The SMILES string of the molecule is C/C=C(/C)C(=O)O[C@H]1[C@H](OC(=O)[C@H](C)CC)[C@]2(CO)[C@H](O)[C@H](O)[C@]3(C)C(=CC[C@@H]4[C@@]5(C)CC[C@H](O[C@@H]6O[C@H](C(=O)O)[C@@H](O)[C@H](O[C@@H]7OC[C@H](O)[C@H](O)[C@H]7O[C@@H]7OC[C@@H](O)[C@H](O)[C@H]7O)[C@H]6O[C@@H]6O[C@H](CO)[C@H](O)[C@H](O)[C@H]6O)C(C)(C)[C@@H]5CC[C@]43C)[C@@H]2CC1(C)C. The molecule has 9 aliphatic rings. The Labute approximate surface area is 517 Å². The van der Waals surface area contributed by atoms with Crippen LogP contribution in [-0.2, 0) is 61.8 Å². The van der Waals surface area contributed by atoms with Gasteiger partial charge in [0.15, 0.2) is 37.4 Å². The van der Waals surface area contributed by atoms with E-state index in [2.05, 4.69) is 19.9 Å². The molecule has 27 heteroatoms. The van der Waals surface area contributed by atoms with E-state index in [4.69, 9.17) is 47.4 Å². The molecule has 89 heavy (non-hydrogen) atoms. The second kappa shape index (κ2) is 26.0. The molecule has 0 spiro atoms. The van der Waals surface area contributed by atoms with Gasteiger partial charge in [0.1, 0.15) is 85.5 Å². The van der Waals surface area contributed by atoms with Gasteiger partial charge in [0.05, 0.1) is 56.1 Å². The molecular weight excluding hydrogens is 1180 g/mol. The monoisotopic (exact) mass is 1270 g/mol. The number of hydrogen-bond acceptors (Lipinski definition) is 26. The van der Waals surface area contributed by atoms with Gasteiger partial charge < -0.3 is 119 Å². The molecule has 27 nitrogen and oxygen atoms in total. The van der Waals surface area contributed by atoms with Crippen LogP contribution in [-0.4, -0.2) is 257 Å². The van der Waals surface area contributed by atoms with E-state index < -0.39 is 230 Å². The van der Waals surface area contributed by atoms with Crippen LogP contribution in [0.4, 0.5) is 0 Å². The Morgan fingerprint density at radius 1 is 0.674 bits per heavy atom. The number of ether oxygens (including phenoxy) is 10. The van der Waals surface area contributed by atoms with Gasteiger partial charge in [0.2, 0.25) is 0 Å². The maximum Gasteiger partial charge on any atom is 0.335 e. The van der Waals surface area contributed by atoms with Crippen molar-refractivity contribution in [1.82, 2.24) is 0 Å². The Bertz CT molecular complexity index is 2600. The molecule has 508 valence electrons. The summed E-state index contributed by atoms with van der Waals surface area (Å²) in [7, 11) is 0. The van der Waals surface area contributed by atoms with E-state index in [9.17, 15) is 85.9 Å². The molecule has 5 aliphatic carbocycles. The number of aliphatic carboxylic acids is 1. The van der Waals surface area contributed by atoms with Gasteiger partial charge in [-0.3, -0.25) is 4.79 Å². The van der Waals surface area contributed by atoms with Gasteiger partial charge in [0, 0.05) is 16.4 Å². The molecule has 9 rings (SSSR count). The molecule has 8 fully saturated rings. The first kappa shape index (κ1) is 70.4. The van der Waals surface area contributed by atoms with Crippen molar-refractivity contribution < 1.29 is 133 Å². The minimum absolute atomic E-state index is 0.190. The summed E-state index contributed by atoms with van der Waals surface area (Å²) in [5, 5.41) is 158. The van der Waals surface area contributed by atoms with Crippen LogP contribution >= 0.6 is 0 Å². The topological polar surface area (TPSA) is 427 Å². The van der Waals surface area contributed by atoms with Gasteiger partial charge in [-0.1, -0.05) is 80.0 Å². The lowest BCUT2D eigenvalue weighted by Gasteiger charge is -2.73. The second-order valence-corrected chi connectivity index (χ2v) is 28.8. The van der Waals surface area contributed by atoms with Gasteiger partial charge in [-0.15, -0.1) is 0 Å². The number of carbonyl (C=O) groups excluding carboxylic acids is 2. The van der Waals surface area contributed by atoms with Crippen LogP contribution in [0.15, 0.2) is 23.3 Å². The Hall–Kier alpha value is -2.95. The molecule has 4 saturated heterocycles. The lowest BCUT2D eigenvalue weighted by molar-refractivity contribution is -0.399. The average Bonchev–Trinajstić information content (AvgIpc) is 0.667. The molecule has 0 radical (unpaired) electrons. The first-order valence-corrected chi connectivity index (χ1v) is 31.4. The Balaban J connectivity index is 1.05. The van der Waals surface area contributed by atoms with Crippen LogP contribution in [0.2, 0.25) is 0 Å². The number of aliphatic hydroxyl groups excluding tert-OH is 13. The number of allylic oxidation sites excluding steroid dienone is 2. The summed E-state index contributed by atoms with van der Waals surface area (Å²) in [6.07, 6.45) is -34.0. The molecule has 0 bridgehead atoms. The van der Waals surface area contributed by atoms with E-state index in [1.807, 2.05) is 41.5 Å². The molecular formula is C62H98O27. The third kappa shape index (κ3) is 11.6. The van der Waals surface area contributed by atoms with Gasteiger partial charge in [-0.25, -0.2) is 9.59 Å². The van der Waals surface area contributed by atoms with E-state index in [1.54, 1.807) is 26.8 Å². The standard InChI is InChI=1S/C62H98O27/c1-12-25(3)51(78)88-48-49(89-52(79)26(4)13-2)62(24-64)28(20-57(48,5)6)27-14-15-33-59(9)18-17-34(58(7,8)32(59)16-19-60(33,10)61(27,11)46(74)47(62)75)83-56-45(87-54-40(72)38(70)37(69)31(21-63)82-54)42(41(73)43(85-56)50(76)77)84-55-44(36(68)30(66)23-81-55)86-53-39(71)35(67)29(65)22-80-53/h12,14,26,28-49,53-56,63-75H,13,15-24H2,1-11H3,(H,76,77)/b25-12-/t26-,28+,29-,30+,31-,32+,33-,34+,35+,36+,37+,38+,39-,40-,41+,42+,43+,44-,45-,46+,47-,48+,49+,53+,54+,55+,56-,59+,60-,61+,62+/m1/s1. The van der Waals surface area contributed by atoms with Crippen LogP contribution in [0.25, 0.3) is 0 Å². The van der Waals surface area contributed by atoms with Crippen molar-refractivity contribution in [3.8, 4) is 0 Å². The zero-order chi connectivity index (χ0) is 65.7. The maximum atomic E-state index is 14.0. The average molecular weight is 1280 g/mol. The predicted octanol–water partition coefficient (Wildman–Crippen LogP) is -1.19. The molecule has 4 heterocycles. The van der Waals surface area contributed by atoms with Gasteiger partial charge in [-0.05, 0) is 92.8 Å². The van der Waals surface area contributed by atoms with E-state index in [0.29, 0.717) is 37.7 Å². The Morgan fingerprint density at radius 3 is 1.91 bits per heavy atom. The van der Waals surface area contributed by atoms with Crippen molar-refractivity contribution in [2.75, 3.05) is 26.4 Å². The van der Waals surface area contributed by atoms with Crippen LogP contribution < -0.4 is 0 Å². The highest BCUT2D eigenvalue weighted by Crippen LogP contribution is 2.76. The first-order chi connectivity index (χ1) is 41.6. The molecule has 14 N–H and O–H groups in total. The molecule has 0 aromatic carbocycles. The number of fused-ring (bicyclic) bond motifs is 7. The summed E-state index contributed by atoms with van der Waals surface area (Å²) in [6, 6.07) is 0. The highest BCUT2D eigenvalue weighted by atomic mass is 16.8.